The van der Waals surface area contributed by atoms with E-state index in [1.807, 2.05) is 0 Å². The molecule has 1 aliphatic rings. The second-order valence-electron chi connectivity index (χ2n) is 6.26. The molecule has 5 nitrogen and oxygen atoms in total. The van der Waals surface area contributed by atoms with Gasteiger partial charge in [0.05, 0.1) is 16.2 Å². The molecule has 2 heterocycles. The van der Waals surface area contributed by atoms with E-state index in [0.29, 0.717) is 22.0 Å². The van der Waals surface area contributed by atoms with E-state index in [4.69, 9.17) is 11.6 Å². The number of piperazine rings is 1. The quantitative estimate of drug-likeness (QED) is 0.719. The predicted molar refractivity (Wildman–Crippen MR) is 101 cm³/mol. The van der Waals surface area contributed by atoms with Gasteiger partial charge < -0.3 is 10.2 Å². The van der Waals surface area contributed by atoms with Crippen LogP contribution in [0.3, 0.4) is 0 Å². The van der Waals surface area contributed by atoms with Gasteiger partial charge in [0.25, 0.3) is 10.0 Å². The minimum Gasteiger partial charge on any atom is -0.367 e. The SMILES string of the molecule is O=S(=O)(c1cc(F)ccc1F)n1ccc2c(N3CCNCC3)c(Cl)ccc21. The summed E-state index contributed by atoms with van der Waals surface area (Å²) in [6, 6.07) is 7.19. The number of fused-ring (bicyclic) bond motifs is 1. The molecule has 3 aromatic rings. The maximum absolute atomic E-state index is 14.1. The van der Waals surface area contributed by atoms with Crippen molar-refractivity contribution in [2.75, 3.05) is 31.1 Å². The minimum atomic E-state index is -4.31. The number of rotatable bonds is 3. The Hall–Kier alpha value is -2.16. The number of hydrogen-bond donors (Lipinski definition) is 1. The maximum Gasteiger partial charge on any atom is 0.271 e. The molecule has 0 amide bonds. The van der Waals surface area contributed by atoms with Crippen molar-refractivity contribution in [2.24, 2.45) is 0 Å². The number of halogens is 3. The third-order valence-corrected chi connectivity index (χ3v) is 6.63. The zero-order chi connectivity index (χ0) is 19.2. The zero-order valence-electron chi connectivity index (χ0n) is 14.1. The van der Waals surface area contributed by atoms with Gasteiger partial charge in [0.1, 0.15) is 16.5 Å². The molecule has 1 aromatic heterocycles. The first-order valence-electron chi connectivity index (χ1n) is 8.35. The fourth-order valence-corrected chi connectivity index (χ4v) is 5.06. The summed E-state index contributed by atoms with van der Waals surface area (Å²) >= 11 is 6.39. The van der Waals surface area contributed by atoms with Gasteiger partial charge >= 0.3 is 0 Å². The van der Waals surface area contributed by atoms with Crippen LogP contribution in [0, 0.1) is 11.6 Å². The molecule has 142 valence electrons. The average molecular weight is 412 g/mol. The van der Waals surface area contributed by atoms with E-state index in [1.54, 1.807) is 18.2 Å². The fourth-order valence-electron chi connectivity index (χ4n) is 3.35. The van der Waals surface area contributed by atoms with Gasteiger partial charge in [-0.2, -0.15) is 0 Å². The van der Waals surface area contributed by atoms with Crippen LogP contribution in [0.5, 0.6) is 0 Å². The molecule has 1 saturated heterocycles. The summed E-state index contributed by atoms with van der Waals surface area (Å²) in [4.78, 5) is 1.37. The molecule has 0 aliphatic carbocycles. The van der Waals surface area contributed by atoms with Gasteiger partial charge in [-0.25, -0.2) is 21.2 Å². The number of hydrogen-bond acceptors (Lipinski definition) is 4. The normalized spacial score (nSPS) is 15.4. The summed E-state index contributed by atoms with van der Waals surface area (Å²) < 4.78 is 54.5. The molecule has 1 fully saturated rings. The van der Waals surface area contributed by atoms with Crippen LogP contribution < -0.4 is 10.2 Å². The summed E-state index contributed by atoms with van der Waals surface area (Å²) in [5.74, 6) is -1.83. The molecular formula is C18H16ClF2N3O2S. The van der Waals surface area contributed by atoms with Crippen molar-refractivity contribution in [2.45, 2.75) is 4.90 Å². The highest BCUT2D eigenvalue weighted by atomic mass is 35.5. The van der Waals surface area contributed by atoms with Gasteiger partial charge in [-0.05, 0) is 36.4 Å². The number of anilines is 1. The van der Waals surface area contributed by atoms with E-state index in [9.17, 15) is 17.2 Å². The van der Waals surface area contributed by atoms with Crippen LogP contribution in [-0.2, 0) is 10.0 Å². The molecule has 0 radical (unpaired) electrons. The number of nitrogens with one attached hydrogen (secondary N) is 1. The lowest BCUT2D eigenvalue weighted by Crippen LogP contribution is -2.43. The molecule has 0 atom stereocenters. The van der Waals surface area contributed by atoms with E-state index < -0.39 is 26.6 Å². The lowest BCUT2D eigenvalue weighted by Gasteiger charge is -2.30. The molecule has 0 unspecified atom stereocenters. The first-order valence-corrected chi connectivity index (χ1v) is 10.2. The first kappa shape index (κ1) is 18.2. The molecule has 0 bridgehead atoms. The smallest absolute Gasteiger partial charge is 0.271 e. The van der Waals surface area contributed by atoms with Crippen molar-refractivity contribution in [3.8, 4) is 0 Å². The minimum absolute atomic E-state index is 0.358. The highest BCUT2D eigenvalue weighted by Crippen LogP contribution is 2.36. The Morgan fingerprint density at radius 3 is 2.52 bits per heavy atom. The maximum atomic E-state index is 14.1. The monoisotopic (exact) mass is 411 g/mol. The van der Waals surface area contributed by atoms with Gasteiger partial charge in [0.2, 0.25) is 0 Å². The summed E-state index contributed by atoms with van der Waals surface area (Å²) in [5.41, 5.74) is 1.10. The van der Waals surface area contributed by atoms with Gasteiger partial charge in [0, 0.05) is 37.8 Å². The molecule has 0 saturated carbocycles. The lowest BCUT2D eigenvalue weighted by molar-refractivity contribution is 0.549. The Labute approximate surface area is 160 Å². The summed E-state index contributed by atoms with van der Waals surface area (Å²) in [5, 5.41) is 4.41. The van der Waals surface area contributed by atoms with Crippen LogP contribution in [0.4, 0.5) is 14.5 Å². The zero-order valence-corrected chi connectivity index (χ0v) is 15.7. The average Bonchev–Trinajstić information content (AvgIpc) is 3.09. The van der Waals surface area contributed by atoms with Gasteiger partial charge in [-0.3, -0.25) is 0 Å². The Balaban J connectivity index is 1.90. The molecular weight excluding hydrogens is 396 g/mol. The lowest BCUT2D eigenvalue weighted by atomic mass is 10.2. The summed E-state index contributed by atoms with van der Waals surface area (Å²) in [7, 11) is -4.31. The van der Waals surface area contributed by atoms with Crippen molar-refractivity contribution in [1.82, 2.24) is 9.29 Å². The molecule has 2 aromatic carbocycles. The van der Waals surface area contributed by atoms with Crippen LogP contribution in [0.2, 0.25) is 5.02 Å². The van der Waals surface area contributed by atoms with Crippen LogP contribution in [0.1, 0.15) is 0 Å². The van der Waals surface area contributed by atoms with Crippen LogP contribution in [-0.4, -0.2) is 38.6 Å². The van der Waals surface area contributed by atoms with Gasteiger partial charge in [0.15, 0.2) is 0 Å². The predicted octanol–water partition coefficient (Wildman–Crippen LogP) is 3.22. The third kappa shape index (κ3) is 3.07. The van der Waals surface area contributed by atoms with Crippen LogP contribution in [0.25, 0.3) is 10.9 Å². The van der Waals surface area contributed by atoms with Crippen molar-refractivity contribution >= 4 is 38.2 Å². The second kappa shape index (κ2) is 6.78. The molecule has 0 spiro atoms. The third-order valence-electron chi connectivity index (χ3n) is 4.62. The van der Waals surface area contributed by atoms with E-state index in [0.717, 1.165) is 48.0 Å². The van der Waals surface area contributed by atoms with Crippen molar-refractivity contribution in [1.29, 1.82) is 0 Å². The molecule has 1 aliphatic heterocycles. The van der Waals surface area contributed by atoms with Crippen LogP contribution in [0.15, 0.2) is 47.5 Å². The molecule has 1 N–H and O–H groups in total. The Morgan fingerprint density at radius 1 is 1.04 bits per heavy atom. The number of nitrogens with zero attached hydrogens (tertiary/aromatic N) is 2. The number of aromatic nitrogens is 1. The Bertz CT molecular complexity index is 1130. The van der Waals surface area contributed by atoms with E-state index in [-0.39, 0.29) is 0 Å². The van der Waals surface area contributed by atoms with E-state index in [1.165, 1.54) is 6.20 Å². The highest BCUT2D eigenvalue weighted by molar-refractivity contribution is 7.90. The van der Waals surface area contributed by atoms with Crippen molar-refractivity contribution in [3.63, 3.8) is 0 Å². The summed E-state index contributed by atoms with van der Waals surface area (Å²) in [6.45, 7) is 3.05. The molecule has 27 heavy (non-hydrogen) atoms. The fraction of sp³-hybridized carbons (Fsp3) is 0.222. The molecule has 9 heteroatoms. The van der Waals surface area contributed by atoms with Crippen LogP contribution >= 0.6 is 11.6 Å². The van der Waals surface area contributed by atoms with E-state index >= 15 is 0 Å². The first-order chi connectivity index (χ1) is 12.9. The largest absolute Gasteiger partial charge is 0.367 e. The topological polar surface area (TPSA) is 54.3 Å². The van der Waals surface area contributed by atoms with Crippen molar-refractivity contribution < 1.29 is 17.2 Å². The molecule has 4 rings (SSSR count). The van der Waals surface area contributed by atoms with Crippen molar-refractivity contribution in [3.05, 3.63) is 59.3 Å². The standard InChI is InChI=1S/C18H16ClF2N3O2S/c19-14-2-4-16-13(18(14)23-9-6-22-7-10-23)5-8-24(16)27(25,26)17-11-12(20)1-3-15(17)21/h1-5,8,11,22H,6-7,9-10H2. The number of benzene rings is 2. The highest BCUT2D eigenvalue weighted by Gasteiger charge is 2.26. The Kier molecular flexibility index (Phi) is 4.57. The van der Waals surface area contributed by atoms with E-state index in [2.05, 4.69) is 10.2 Å². The van der Waals surface area contributed by atoms with Gasteiger partial charge in [-0.1, -0.05) is 11.6 Å². The Morgan fingerprint density at radius 2 is 1.78 bits per heavy atom. The van der Waals surface area contributed by atoms with Gasteiger partial charge in [-0.15, -0.1) is 0 Å². The second-order valence-corrected chi connectivity index (χ2v) is 8.45. The summed E-state index contributed by atoms with van der Waals surface area (Å²) in [6.07, 6.45) is 1.34.